The van der Waals surface area contributed by atoms with Gasteiger partial charge in [0, 0.05) is 12.8 Å². The predicted octanol–water partition coefficient (Wildman–Crippen LogP) is 17.3. The number of hydrogen-bond acceptors (Lipinski definition) is 7. The Morgan fingerprint density at radius 1 is 0.429 bits per heavy atom. The first-order valence-electron chi connectivity index (χ1n) is 29.7. The highest BCUT2D eigenvalue weighted by Gasteiger charge is 2.25. The minimum absolute atomic E-state index is 0.177. The van der Waals surface area contributed by atoms with E-state index >= 15 is 0 Å². The van der Waals surface area contributed by atoms with E-state index in [4.69, 9.17) is 18.9 Å². The summed E-state index contributed by atoms with van der Waals surface area (Å²) in [5.41, 5.74) is 0. The number of carbonyl (C=O) groups is 3. The molecule has 0 spiro atoms. The lowest BCUT2D eigenvalue weighted by Crippen LogP contribution is -2.40. The van der Waals surface area contributed by atoms with Crippen molar-refractivity contribution in [3.05, 3.63) is 36.5 Å². The highest BCUT2D eigenvalue weighted by atomic mass is 16.7. The van der Waals surface area contributed by atoms with Crippen molar-refractivity contribution in [3.63, 3.8) is 0 Å². The van der Waals surface area contributed by atoms with Crippen molar-refractivity contribution in [2.24, 2.45) is 0 Å². The minimum atomic E-state index is -1.51. The van der Waals surface area contributed by atoms with Crippen molar-refractivity contribution in [2.75, 3.05) is 47.5 Å². The molecule has 0 rings (SSSR count). The lowest BCUT2D eigenvalue weighted by Gasteiger charge is -2.25. The largest absolute Gasteiger partial charge is 0.477 e. The minimum Gasteiger partial charge on any atom is -0.477 e. The first-order chi connectivity index (χ1) is 34.1. The number of likely N-dealkylation sites (N-methyl/N-ethyl adjacent to an activating group) is 1. The number of ether oxygens (including phenoxy) is 4. The first-order valence-corrected chi connectivity index (χ1v) is 29.7. The van der Waals surface area contributed by atoms with Gasteiger partial charge >= 0.3 is 17.9 Å². The van der Waals surface area contributed by atoms with Crippen LogP contribution in [0.3, 0.4) is 0 Å². The Labute approximate surface area is 432 Å². The van der Waals surface area contributed by atoms with Crippen LogP contribution in [0, 0.1) is 0 Å². The summed E-state index contributed by atoms with van der Waals surface area (Å²) in [7, 11) is 5.97. The van der Waals surface area contributed by atoms with E-state index in [9.17, 15) is 19.5 Å². The molecular weight excluding hydrogens is 875 g/mol. The second-order valence-electron chi connectivity index (χ2n) is 21.3. The van der Waals surface area contributed by atoms with Crippen LogP contribution in [0.15, 0.2) is 36.5 Å². The van der Waals surface area contributed by atoms with Gasteiger partial charge in [-0.15, -0.1) is 0 Å². The van der Waals surface area contributed by atoms with Crippen molar-refractivity contribution in [3.8, 4) is 0 Å². The lowest BCUT2D eigenvalue weighted by atomic mass is 10.0. The van der Waals surface area contributed by atoms with Gasteiger partial charge in [0.15, 0.2) is 6.10 Å². The summed E-state index contributed by atoms with van der Waals surface area (Å²) < 4.78 is 22.9. The molecule has 0 saturated carbocycles. The molecule has 0 radical (unpaired) electrons. The fourth-order valence-electron chi connectivity index (χ4n) is 8.55. The van der Waals surface area contributed by atoms with Crippen molar-refractivity contribution in [1.29, 1.82) is 0 Å². The van der Waals surface area contributed by atoms with E-state index in [2.05, 4.69) is 50.3 Å². The number of quaternary nitrogens is 1. The van der Waals surface area contributed by atoms with E-state index in [1.54, 1.807) is 0 Å². The Morgan fingerprint density at radius 2 is 0.771 bits per heavy atom. The van der Waals surface area contributed by atoms with Crippen molar-refractivity contribution < 1.29 is 42.9 Å². The third-order valence-electron chi connectivity index (χ3n) is 13.1. The number of esters is 2. The molecule has 0 aromatic heterocycles. The number of rotatable bonds is 55. The number of allylic oxidation sites excluding steroid dienone is 6. The standard InChI is InChI=1S/C61H113NO8/c1-6-8-10-12-14-16-18-20-22-23-24-25-26-27-28-29-30-31-32-33-34-35-36-37-38-40-42-44-46-48-50-52-59(64)70-57(56-69-61(60(65)66)67-54-53-62(3,4)5)55-68-58(63)51-49-47-45-43-41-39-21-19-17-15-13-11-9-7-2/h18,20,23-24,26-27,57,61H,6-17,19,21-22,25,28-56H2,1-5H3/p+1/b20-18-,24-23-,27-26-. The Balaban J connectivity index is 4.11. The summed E-state index contributed by atoms with van der Waals surface area (Å²) in [6, 6.07) is 0. The SMILES string of the molecule is CCCCCCC/C=C\C/C=C\C/C=C\CCCCCCCCCCCCCCCCCCC(=O)OC(COC(=O)CCCCCCCCCCCCCCCC)COC(OCC[N+](C)(C)C)C(=O)O. The third-order valence-corrected chi connectivity index (χ3v) is 13.1. The molecule has 1 N–H and O–H groups in total. The highest BCUT2D eigenvalue weighted by molar-refractivity contribution is 5.71. The summed E-state index contributed by atoms with van der Waals surface area (Å²) >= 11 is 0. The van der Waals surface area contributed by atoms with Gasteiger partial charge in [0.25, 0.3) is 6.29 Å². The van der Waals surface area contributed by atoms with Crippen LogP contribution in [0.2, 0.25) is 0 Å². The molecule has 2 atom stereocenters. The van der Waals surface area contributed by atoms with Gasteiger partial charge in [-0.3, -0.25) is 9.59 Å². The topological polar surface area (TPSA) is 108 Å². The Kier molecular flexibility index (Phi) is 50.9. The van der Waals surface area contributed by atoms with E-state index in [1.807, 2.05) is 21.1 Å². The van der Waals surface area contributed by atoms with E-state index in [0.29, 0.717) is 17.4 Å². The number of carbonyl (C=O) groups excluding carboxylic acids is 2. The molecule has 0 amide bonds. The molecule has 0 bridgehead atoms. The second-order valence-corrected chi connectivity index (χ2v) is 21.3. The van der Waals surface area contributed by atoms with Gasteiger partial charge in [0.1, 0.15) is 13.2 Å². The average molecular weight is 990 g/mol. The number of unbranched alkanes of at least 4 members (excludes halogenated alkanes) is 34. The summed E-state index contributed by atoms with van der Waals surface area (Å²) in [4.78, 5) is 37.4. The van der Waals surface area contributed by atoms with E-state index in [0.717, 1.165) is 51.4 Å². The zero-order chi connectivity index (χ0) is 51.3. The number of nitrogens with zero attached hydrogens (tertiary/aromatic N) is 1. The van der Waals surface area contributed by atoms with Gasteiger partial charge in [0.2, 0.25) is 0 Å². The molecule has 2 unspecified atom stereocenters. The molecular formula is C61H114NO8+. The zero-order valence-corrected chi connectivity index (χ0v) is 46.7. The van der Waals surface area contributed by atoms with E-state index in [-0.39, 0.29) is 32.2 Å². The molecule has 0 aromatic carbocycles. The quantitative estimate of drug-likeness (QED) is 0.0211. The molecule has 0 aromatic rings. The monoisotopic (exact) mass is 989 g/mol. The van der Waals surface area contributed by atoms with Crippen LogP contribution < -0.4 is 0 Å². The maximum Gasteiger partial charge on any atom is 0.361 e. The van der Waals surface area contributed by atoms with Crippen LogP contribution in [-0.2, 0) is 33.3 Å². The Morgan fingerprint density at radius 3 is 1.14 bits per heavy atom. The van der Waals surface area contributed by atoms with Crippen LogP contribution in [0.4, 0.5) is 0 Å². The summed E-state index contributed by atoms with van der Waals surface area (Å²) in [5, 5.41) is 9.69. The Bertz CT molecular complexity index is 1240. The molecule has 0 aliphatic heterocycles. The fourth-order valence-corrected chi connectivity index (χ4v) is 8.55. The Hall–Kier alpha value is -2.49. The molecule has 9 heteroatoms. The van der Waals surface area contributed by atoms with Gasteiger partial charge in [-0.2, -0.15) is 0 Å². The van der Waals surface area contributed by atoms with Crippen LogP contribution in [0.5, 0.6) is 0 Å². The average Bonchev–Trinajstić information content (AvgIpc) is 3.33. The number of carboxylic acids is 1. The van der Waals surface area contributed by atoms with Gasteiger partial charge < -0.3 is 28.5 Å². The fraction of sp³-hybridized carbons (Fsp3) is 0.852. The summed E-state index contributed by atoms with van der Waals surface area (Å²) in [6.45, 7) is 4.90. The number of aliphatic carboxylic acids is 1. The van der Waals surface area contributed by atoms with Gasteiger partial charge in [0.05, 0.1) is 34.4 Å². The normalized spacial score (nSPS) is 13.0. The van der Waals surface area contributed by atoms with Crippen LogP contribution >= 0.6 is 0 Å². The first kappa shape index (κ1) is 67.5. The predicted molar refractivity (Wildman–Crippen MR) is 295 cm³/mol. The summed E-state index contributed by atoms with van der Waals surface area (Å²) in [5.74, 6) is -1.99. The smallest absolute Gasteiger partial charge is 0.361 e. The molecule has 9 nitrogen and oxygen atoms in total. The highest BCUT2D eigenvalue weighted by Crippen LogP contribution is 2.17. The van der Waals surface area contributed by atoms with Gasteiger partial charge in [-0.1, -0.05) is 249 Å². The van der Waals surface area contributed by atoms with Crippen LogP contribution in [0.1, 0.15) is 277 Å². The molecule has 0 fully saturated rings. The van der Waals surface area contributed by atoms with Crippen molar-refractivity contribution in [2.45, 2.75) is 289 Å². The molecule has 0 aliphatic rings. The van der Waals surface area contributed by atoms with Gasteiger partial charge in [-0.25, -0.2) is 4.79 Å². The molecule has 0 aliphatic carbocycles. The van der Waals surface area contributed by atoms with E-state index < -0.39 is 24.3 Å². The van der Waals surface area contributed by atoms with E-state index in [1.165, 1.54) is 199 Å². The van der Waals surface area contributed by atoms with Gasteiger partial charge in [-0.05, 0) is 51.4 Å². The molecule has 0 heterocycles. The molecule has 410 valence electrons. The van der Waals surface area contributed by atoms with Crippen LogP contribution in [-0.4, -0.2) is 87.4 Å². The lowest BCUT2D eigenvalue weighted by molar-refractivity contribution is -0.870. The summed E-state index contributed by atoms with van der Waals surface area (Å²) in [6.07, 6.45) is 60.9. The zero-order valence-electron chi connectivity index (χ0n) is 46.7. The van der Waals surface area contributed by atoms with Crippen molar-refractivity contribution >= 4 is 17.9 Å². The second kappa shape index (κ2) is 52.8. The molecule has 70 heavy (non-hydrogen) atoms. The number of carboxylic acid groups (broad SMARTS) is 1. The maximum absolute atomic E-state index is 12.9. The maximum atomic E-state index is 12.9. The number of hydrogen-bond donors (Lipinski definition) is 1. The molecule has 0 saturated heterocycles. The van der Waals surface area contributed by atoms with Crippen LogP contribution in [0.25, 0.3) is 0 Å². The van der Waals surface area contributed by atoms with Crippen molar-refractivity contribution in [1.82, 2.24) is 0 Å². The third kappa shape index (κ3) is 53.3.